The van der Waals surface area contributed by atoms with Crippen LogP contribution in [0.5, 0.6) is 0 Å². The van der Waals surface area contributed by atoms with E-state index in [-0.39, 0.29) is 5.41 Å². The summed E-state index contributed by atoms with van der Waals surface area (Å²) in [5, 5.41) is 0. The van der Waals surface area contributed by atoms with Crippen LogP contribution in [0.2, 0.25) is 0 Å². The van der Waals surface area contributed by atoms with Crippen molar-refractivity contribution in [3.63, 3.8) is 0 Å². The van der Waals surface area contributed by atoms with Crippen LogP contribution in [0.4, 0.5) is 0 Å². The Labute approximate surface area is 115 Å². The Balaban J connectivity index is 1.66. The van der Waals surface area contributed by atoms with Gasteiger partial charge in [-0.1, -0.05) is 30.3 Å². The fourth-order valence-electron chi connectivity index (χ4n) is 2.76. The van der Waals surface area contributed by atoms with Crippen molar-refractivity contribution in [2.75, 3.05) is 19.6 Å². The van der Waals surface area contributed by atoms with Gasteiger partial charge in [0, 0.05) is 25.0 Å². The van der Waals surface area contributed by atoms with Gasteiger partial charge in [-0.05, 0) is 31.2 Å². The van der Waals surface area contributed by atoms with Gasteiger partial charge in [0.2, 0.25) is 0 Å². The van der Waals surface area contributed by atoms with Crippen molar-refractivity contribution in [3.05, 3.63) is 35.9 Å². The maximum Gasteiger partial charge on any atom is 0.279 e. The third-order valence-electron chi connectivity index (χ3n) is 4.24. The largest absolute Gasteiger partial charge is 0.279 e. The van der Waals surface area contributed by atoms with Crippen LogP contribution in [0.3, 0.4) is 0 Å². The Morgan fingerprint density at radius 1 is 1.11 bits per heavy atom. The molecule has 0 aromatic heterocycles. The van der Waals surface area contributed by atoms with Crippen molar-refractivity contribution in [3.8, 4) is 0 Å². The second-order valence-corrected chi connectivity index (χ2v) is 7.33. The molecule has 2 fully saturated rings. The lowest BCUT2D eigenvalue weighted by molar-refractivity contribution is 0.460. The summed E-state index contributed by atoms with van der Waals surface area (Å²) >= 11 is 0. The second kappa shape index (κ2) is 4.89. The predicted octanol–water partition coefficient (Wildman–Crippen LogP) is 1.65. The zero-order chi connectivity index (χ0) is 13.3. The van der Waals surface area contributed by atoms with Gasteiger partial charge < -0.3 is 0 Å². The summed E-state index contributed by atoms with van der Waals surface area (Å²) in [5.74, 6) is 0. The fraction of sp³-hybridized carbons (Fsp3) is 0.571. The molecule has 1 aliphatic carbocycles. The normalized spacial score (nSPS) is 22.5. The van der Waals surface area contributed by atoms with Crippen molar-refractivity contribution in [2.24, 2.45) is 0 Å². The topological polar surface area (TPSA) is 49.4 Å². The number of nitrogens with one attached hydrogen (secondary N) is 1. The molecule has 1 N–H and O–H groups in total. The van der Waals surface area contributed by atoms with Gasteiger partial charge in [-0.15, -0.1) is 0 Å². The lowest BCUT2D eigenvalue weighted by Gasteiger charge is -2.20. The van der Waals surface area contributed by atoms with E-state index in [1.54, 1.807) is 4.31 Å². The molecule has 5 heteroatoms. The Bertz CT molecular complexity index is 532. The average Bonchev–Trinajstić information content (AvgIpc) is 3.01. The highest BCUT2D eigenvalue weighted by atomic mass is 32.2. The Hall–Kier alpha value is -0.910. The Morgan fingerprint density at radius 2 is 1.74 bits per heavy atom. The fourth-order valence-corrected chi connectivity index (χ4v) is 4.14. The van der Waals surface area contributed by atoms with Gasteiger partial charge in [0.25, 0.3) is 10.2 Å². The summed E-state index contributed by atoms with van der Waals surface area (Å²) in [6.07, 6.45) is 4.09. The number of rotatable bonds is 5. The van der Waals surface area contributed by atoms with Gasteiger partial charge >= 0.3 is 0 Å². The Morgan fingerprint density at radius 3 is 2.32 bits per heavy atom. The molecule has 0 spiro atoms. The first-order chi connectivity index (χ1) is 9.12. The highest BCUT2D eigenvalue weighted by Gasteiger charge is 2.45. The molecule has 1 heterocycles. The van der Waals surface area contributed by atoms with Crippen LogP contribution in [0, 0.1) is 0 Å². The first kappa shape index (κ1) is 13.1. The van der Waals surface area contributed by atoms with Crippen molar-refractivity contribution in [2.45, 2.75) is 31.1 Å². The molecule has 1 saturated heterocycles. The molecule has 1 aromatic rings. The van der Waals surface area contributed by atoms with Gasteiger partial charge in [-0.25, -0.2) is 4.72 Å². The van der Waals surface area contributed by atoms with Crippen molar-refractivity contribution >= 4 is 10.2 Å². The minimum Gasteiger partial charge on any atom is -0.201 e. The molecule has 1 aliphatic heterocycles. The van der Waals surface area contributed by atoms with E-state index in [4.69, 9.17) is 0 Å². The summed E-state index contributed by atoms with van der Waals surface area (Å²) < 4.78 is 28.7. The SMILES string of the molecule is O=S(=O)(NCC1(c2ccccc2)CC1)N1CCCC1. The van der Waals surface area contributed by atoms with Gasteiger partial charge in [0.05, 0.1) is 0 Å². The van der Waals surface area contributed by atoms with Crippen LogP contribution >= 0.6 is 0 Å². The van der Waals surface area contributed by atoms with Crippen LogP contribution in [-0.2, 0) is 15.6 Å². The molecule has 0 amide bonds. The molecule has 104 valence electrons. The smallest absolute Gasteiger partial charge is 0.201 e. The van der Waals surface area contributed by atoms with Crippen LogP contribution in [-0.4, -0.2) is 32.4 Å². The Kier molecular flexibility index (Phi) is 3.37. The third kappa shape index (κ3) is 2.68. The second-order valence-electron chi connectivity index (χ2n) is 5.58. The molecule has 1 saturated carbocycles. The molecule has 2 aliphatic rings. The molecule has 0 bridgehead atoms. The van der Waals surface area contributed by atoms with Crippen molar-refractivity contribution in [1.29, 1.82) is 0 Å². The van der Waals surface area contributed by atoms with E-state index < -0.39 is 10.2 Å². The van der Waals surface area contributed by atoms with E-state index in [0.29, 0.717) is 19.6 Å². The van der Waals surface area contributed by atoms with Gasteiger partial charge in [-0.2, -0.15) is 12.7 Å². The van der Waals surface area contributed by atoms with E-state index in [1.807, 2.05) is 18.2 Å². The molecule has 0 radical (unpaired) electrons. The van der Waals surface area contributed by atoms with Gasteiger partial charge in [0.15, 0.2) is 0 Å². The van der Waals surface area contributed by atoms with E-state index in [9.17, 15) is 8.42 Å². The summed E-state index contributed by atoms with van der Waals surface area (Å²) in [6, 6.07) is 10.2. The molecule has 3 rings (SSSR count). The standard InChI is InChI=1S/C14H20N2O2S/c17-19(18,16-10-4-5-11-16)15-12-14(8-9-14)13-6-2-1-3-7-13/h1-3,6-7,15H,4-5,8-12H2. The summed E-state index contributed by atoms with van der Waals surface area (Å²) in [7, 11) is -3.28. The summed E-state index contributed by atoms with van der Waals surface area (Å²) in [4.78, 5) is 0. The van der Waals surface area contributed by atoms with Crippen LogP contribution < -0.4 is 4.72 Å². The average molecular weight is 280 g/mol. The quantitative estimate of drug-likeness (QED) is 0.891. The predicted molar refractivity (Wildman–Crippen MR) is 75.1 cm³/mol. The monoisotopic (exact) mass is 280 g/mol. The molecular weight excluding hydrogens is 260 g/mol. The summed E-state index contributed by atoms with van der Waals surface area (Å²) in [5.41, 5.74) is 1.28. The van der Waals surface area contributed by atoms with Crippen LogP contribution in [0.1, 0.15) is 31.2 Å². The van der Waals surface area contributed by atoms with Crippen LogP contribution in [0.25, 0.3) is 0 Å². The maximum atomic E-state index is 12.2. The molecule has 4 nitrogen and oxygen atoms in total. The minimum atomic E-state index is -3.28. The third-order valence-corrected chi connectivity index (χ3v) is 5.79. The van der Waals surface area contributed by atoms with E-state index >= 15 is 0 Å². The lowest BCUT2D eigenvalue weighted by atomic mass is 9.96. The molecular formula is C14H20N2O2S. The first-order valence-corrected chi connectivity index (χ1v) is 8.37. The molecule has 0 atom stereocenters. The number of hydrogen-bond acceptors (Lipinski definition) is 2. The first-order valence-electron chi connectivity index (χ1n) is 6.93. The number of hydrogen-bond donors (Lipinski definition) is 1. The van der Waals surface area contributed by atoms with E-state index in [0.717, 1.165) is 25.7 Å². The highest BCUT2D eigenvalue weighted by Crippen LogP contribution is 2.47. The van der Waals surface area contributed by atoms with E-state index in [2.05, 4.69) is 16.9 Å². The van der Waals surface area contributed by atoms with Crippen molar-refractivity contribution in [1.82, 2.24) is 9.03 Å². The van der Waals surface area contributed by atoms with Crippen LogP contribution in [0.15, 0.2) is 30.3 Å². The van der Waals surface area contributed by atoms with Gasteiger partial charge in [-0.3, -0.25) is 0 Å². The van der Waals surface area contributed by atoms with Crippen molar-refractivity contribution < 1.29 is 8.42 Å². The zero-order valence-electron chi connectivity index (χ0n) is 11.0. The molecule has 1 aromatic carbocycles. The van der Waals surface area contributed by atoms with E-state index in [1.165, 1.54) is 5.56 Å². The summed E-state index contributed by atoms with van der Waals surface area (Å²) in [6.45, 7) is 1.84. The number of benzene rings is 1. The minimum absolute atomic E-state index is 0.0358. The zero-order valence-corrected chi connectivity index (χ0v) is 11.8. The van der Waals surface area contributed by atoms with Gasteiger partial charge in [0.1, 0.15) is 0 Å². The highest BCUT2D eigenvalue weighted by molar-refractivity contribution is 7.87. The lowest BCUT2D eigenvalue weighted by Crippen LogP contribution is -2.42. The molecule has 19 heavy (non-hydrogen) atoms. The molecule has 0 unspecified atom stereocenters. The number of nitrogens with zero attached hydrogens (tertiary/aromatic N) is 1. The maximum absolute atomic E-state index is 12.2.